The minimum absolute atomic E-state index is 0.0176. The SMILES string of the molecule is COC(=O)N1[C@@H](CCO)CC[C@H](OCc2ccccc2)[C@@H]1C. The van der Waals surface area contributed by atoms with Gasteiger partial charge in [-0.25, -0.2) is 4.79 Å². The second-order valence-corrected chi connectivity index (χ2v) is 5.70. The van der Waals surface area contributed by atoms with Crippen LogP contribution in [0.1, 0.15) is 31.7 Å². The number of nitrogens with zero attached hydrogens (tertiary/aromatic N) is 1. The summed E-state index contributed by atoms with van der Waals surface area (Å²) in [6.45, 7) is 2.59. The Morgan fingerprint density at radius 2 is 2.05 bits per heavy atom. The zero-order chi connectivity index (χ0) is 15.9. The van der Waals surface area contributed by atoms with Crippen LogP contribution < -0.4 is 0 Å². The number of ether oxygens (including phenoxy) is 2. The summed E-state index contributed by atoms with van der Waals surface area (Å²) in [5, 5.41) is 9.18. The molecule has 0 aliphatic carbocycles. The lowest BCUT2D eigenvalue weighted by Gasteiger charge is -2.43. The lowest BCUT2D eigenvalue weighted by atomic mass is 9.92. The molecule has 0 saturated carbocycles. The van der Waals surface area contributed by atoms with Gasteiger partial charge < -0.3 is 14.6 Å². The number of aliphatic hydroxyl groups excluding tert-OH is 1. The molecule has 5 heteroatoms. The van der Waals surface area contributed by atoms with Gasteiger partial charge in [-0.3, -0.25) is 4.90 Å². The van der Waals surface area contributed by atoms with Gasteiger partial charge in [-0.05, 0) is 31.7 Å². The van der Waals surface area contributed by atoms with Crippen LogP contribution in [0.25, 0.3) is 0 Å². The summed E-state index contributed by atoms with van der Waals surface area (Å²) in [7, 11) is 1.39. The van der Waals surface area contributed by atoms with E-state index in [-0.39, 0.29) is 30.9 Å². The minimum Gasteiger partial charge on any atom is -0.453 e. The van der Waals surface area contributed by atoms with E-state index >= 15 is 0 Å². The Labute approximate surface area is 131 Å². The van der Waals surface area contributed by atoms with Crippen molar-refractivity contribution in [3.05, 3.63) is 35.9 Å². The molecule has 0 aromatic heterocycles. The zero-order valence-electron chi connectivity index (χ0n) is 13.3. The Bertz CT molecular complexity index is 465. The molecule has 1 aliphatic heterocycles. The number of carbonyl (C=O) groups is 1. The van der Waals surface area contributed by atoms with Crippen molar-refractivity contribution in [2.45, 2.75) is 51.0 Å². The standard InChI is InChI=1S/C17H25NO4/c1-13-16(22-12-14-6-4-3-5-7-14)9-8-15(10-11-19)18(13)17(20)21-2/h3-7,13,15-16,19H,8-12H2,1-2H3/t13-,15+,16-/m0/s1. The first-order valence-corrected chi connectivity index (χ1v) is 7.80. The fourth-order valence-corrected chi connectivity index (χ4v) is 3.10. The van der Waals surface area contributed by atoms with E-state index in [1.165, 1.54) is 7.11 Å². The van der Waals surface area contributed by atoms with Gasteiger partial charge in [-0.15, -0.1) is 0 Å². The van der Waals surface area contributed by atoms with E-state index in [1.807, 2.05) is 37.3 Å². The molecule has 0 bridgehead atoms. The predicted octanol–water partition coefficient (Wildman–Crippen LogP) is 2.57. The molecular formula is C17H25NO4. The Morgan fingerprint density at radius 3 is 2.68 bits per heavy atom. The highest BCUT2D eigenvalue weighted by Gasteiger charge is 2.38. The quantitative estimate of drug-likeness (QED) is 0.908. The fraction of sp³-hybridized carbons (Fsp3) is 0.588. The van der Waals surface area contributed by atoms with Crippen molar-refractivity contribution in [1.29, 1.82) is 0 Å². The van der Waals surface area contributed by atoms with Crippen LogP contribution in [0, 0.1) is 0 Å². The van der Waals surface area contributed by atoms with Crippen LogP contribution in [-0.2, 0) is 16.1 Å². The summed E-state index contributed by atoms with van der Waals surface area (Å²) in [6, 6.07) is 9.96. The van der Waals surface area contributed by atoms with E-state index in [9.17, 15) is 9.90 Å². The maximum Gasteiger partial charge on any atom is 0.410 e. The Hall–Kier alpha value is -1.59. The molecule has 2 rings (SSSR count). The molecule has 0 unspecified atom stereocenters. The monoisotopic (exact) mass is 307 g/mol. The van der Waals surface area contributed by atoms with Crippen LogP contribution in [0.5, 0.6) is 0 Å². The number of methoxy groups -OCH3 is 1. The molecule has 1 amide bonds. The van der Waals surface area contributed by atoms with E-state index in [0.29, 0.717) is 13.0 Å². The molecule has 1 fully saturated rings. The van der Waals surface area contributed by atoms with E-state index in [2.05, 4.69) is 0 Å². The van der Waals surface area contributed by atoms with Crippen LogP contribution in [0.15, 0.2) is 30.3 Å². The first kappa shape index (κ1) is 16.8. The molecule has 0 spiro atoms. The Morgan fingerprint density at radius 1 is 1.32 bits per heavy atom. The maximum atomic E-state index is 12.0. The molecule has 0 radical (unpaired) electrons. The van der Waals surface area contributed by atoms with Gasteiger partial charge in [0.15, 0.2) is 0 Å². The van der Waals surface area contributed by atoms with Gasteiger partial charge in [0.05, 0.1) is 25.9 Å². The highest BCUT2D eigenvalue weighted by atomic mass is 16.5. The van der Waals surface area contributed by atoms with Crippen LogP contribution in [0.2, 0.25) is 0 Å². The highest BCUT2D eigenvalue weighted by molar-refractivity contribution is 5.68. The number of amides is 1. The van der Waals surface area contributed by atoms with Gasteiger partial charge in [0.25, 0.3) is 0 Å². The van der Waals surface area contributed by atoms with E-state index in [0.717, 1.165) is 18.4 Å². The van der Waals surface area contributed by atoms with Crippen molar-refractivity contribution in [3.63, 3.8) is 0 Å². The molecule has 1 aromatic carbocycles. The second kappa shape index (κ2) is 8.15. The average Bonchev–Trinajstić information content (AvgIpc) is 2.55. The van der Waals surface area contributed by atoms with Crippen molar-refractivity contribution in [2.24, 2.45) is 0 Å². The fourth-order valence-electron chi connectivity index (χ4n) is 3.10. The molecule has 5 nitrogen and oxygen atoms in total. The zero-order valence-corrected chi connectivity index (χ0v) is 13.3. The number of aliphatic hydroxyl groups is 1. The maximum absolute atomic E-state index is 12.0. The number of rotatable bonds is 5. The van der Waals surface area contributed by atoms with Crippen molar-refractivity contribution >= 4 is 6.09 Å². The van der Waals surface area contributed by atoms with Gasteiger partial charge in [0.2, 0.25) is 0 Å². The smallest absolute Gasteiger partial charge is 0.410 e. The number of hydrogen-bond donors (Lipinski definition) is 1. The first-order chi connectivity index (χ1) is 10.7. The van der Waals surface area contributed by atoms with Gasteiger partial charge in [-0.2, -0.15) is 0 Å². The van der Waals surface area contributed by atoms with Gasteiger partial charge in [-0.1, -0.05) is 30.3 Å². The predicted molar refractivity (Wildman–Crippen MR) is 83.4 cm³/mol. The molecule has 1 saturated heterocycles. The Kier molecular flexibility index (Phi) is 6.21. The topological polar surface area (TPSA) is 59.0 Å². The van der Waals surface area contributed by atoms with Crippen LogP contribution >= 0.6 is 0 Å². The molecule has 1 heterocycles. The largest absolute Gasteiger partial charge is 0.453 e. The minimum atomic E-state index is -0.348. The number of piperidine rings is 1. The third-order valence-corrected chi connectivity index (χ3v) is 4.31. The first-order valence-electron chi connectivity index (χ1n) is 7.80. The van der Waals surface area contributed by atoms with E-state index < -0.39 is 0 Å². The van der Waals surface area contributed by atoms with Crippen molar-refractivity contribution in [3.8, 4) is 0 Å². The summed E-state index contributed by atoms with van der Waals surface area (Å²) in [5.74, 6) is 0. The molecule has 3 atom stereocenters. The molecule has 22 heavy (non-hydrogen) atoms. The summed E-state index contributed by atoms with van der Waals surface area (Å²) < 4.78 is 10.9. The highest BCUT2D eigenvalue weighted by Crippen LogP contribution is 2.28. The lowest BCUT2D eigenvalue weighted by molar-refractivity contribution is -0.0605. The van der Waals surface area contributed by atoms with E-state index in [4.69, 9.17) is 9.47 Å². The van der Waals surface area contributed by atoms with Gasteiger partial charge in [0.1, 0.15) is 0 Å². The summed E-state index contributed by atoms with van der Waals surface area (Å²) in [4.78, 5) is 13.8. The molecule has 1 aliphatic rings. The van der Waals surface area contributed by atoms with Crippen molar-refractivity contribution < 1.29 is 19.4 Å². The van der Waals surface area contributed by atoms with Crippen LogP contribution in [-0.4, -0.2) is 48.0 Å². The third kappa shape index (κ3) is 3.99. The summed E-state index contributed by atoms with van der Waals surface area (Å²) in [5.41, 5.74) is 1.12. The molecule has 1 aromatic rings. The average molecular weight is 307 g/mol. The molecule has 1 N–H and O–H groups in total. The number of benzene rings is 1. The summed E-state index contributed by atoms with van der Waals surface area (Å²) >= 11 is 0. The van der Waals surface area contributed by atoms with Crippen molar-refractivity contribution in [2.75, 3.05) is 13.7 Å². The third-order valence-electron chi connectivity index (χ3n) is 4.31. The normalized spacial score (nSPS) is 25.0. The van der Waals surface area contributed by atoms with Crippen LogP contribution in [0.3, 0.4) is 0 Å². The van der Waals surface area contributed by atoms with Crippen LogP contribution in [0.4, 0.5) is 4.79 Å². The van der Waals surface area contributed by atoms with Gasteiger partial charge in [0, 0.05) is 12.6 Å². The second-order valence-electron chi connectivity index (χ2n) is 5.70. The number of carbonyl (C=O) groups excluding carboxylic acids is 1. The molecule has 122 valence electrons. The van der Waals surface area contributed by atoms with Gasteiger partial charge >= 0.3 is 6.09 Å². The summed E-state index contributed by atoms with van der Waals surface area (Å²) in [6.07, 6.45) is 1.91. The number of likely N-dealkylation sites (tertiary alicyclic amines) is 1. The lowest BCUT2D eigenvalue weighted by Crippen LogP contribution is -2.55. The molecular weight excluding hydrogens is 282 g/mol. The Balaban J connectivity index is 2.00. The van der Waals surface area contributed by atoms with Crippen molar-refractivity contribution in [1.82, 2.24) is 4.90 Å². The van der Waals surface area contributed by atoms with E-state index in [1.54, 1.807) is 4.90 Å². The number of hydrogen-bond acceptors (Lipinski definition) is 4.